The van der Waals surface area contributed by atoms with Gasteiger partial charge in [0.15, 0.2) is 0 Å². The van der Waals surface area contributed by atoms with E-state index in [1.54, 1.807) is 36.4 Å². The molecule has 10 heteroatoms. The molecule has 0 radical (unpaired) electrons. The van der Waals surface area contributed by atoms with Gasteiger partial charge in [-0.25, -0.2) is 0 Å². The van der Waals surface area contributed by atoms with Crippen molar-refractivity contribution < 1.29 is 10.2 Å². The van der Waals surface area contributed by atoms with E-state index in [0.29, 0.717) is 54.6 Å². The van der Waals surface area contributed by atoms with Gasteiger partial charge in [-0.05, 0) is 73.5 Å². The molecule has 0 bridgehead atoms. The van der Waals surface area contributed by atoms with E-state index in [-0.39, 0.29) is 17.9 Å². The molecule has 2 heterocycles. The molecular formula is C27H20Cl2N6O2. The molecule has 6 aromatic rings. The maximum Gasteiger partial charge on any atom is 0.146 e. The molecular weight excluding hydrogens is 511 g/mol. The minimum Gasteiger partial charge on any atom is -0.505 e. The summed E-state index contributed by atoms with van der Waals surface area (Å²) in [7, 11) is 0. The second-order valence-electron chi connectivity index (χ2n) is 9.01. The zero-order chi connectivity index (χ0) is 25.8. The Hall–Kier alpha value is -4.14. The molecule has 184 valence electrons. The lowest BCUT2D eigenvalue weighted by Gasteiger charge is -2.14. The normalized spacial score (nSPS) is 11.6. The van der Waals surface area contributed by atoms with E-state index in [0.717, 1.165) is 11.1 Å². The lowest BCUT2D eigenvalue weighted by molar-refractivity contribution is 0.455. The molecule has 6 rings (SSSR count). The van der Waals surface area contributed by atoms with Crippen LogP contribution in [0.3, 0.4) is 0 Å². The first kappa shape index (κ1) is 23.3. The number of hydrogen-bond acceptors (Lipinski definition) is 6. The second kappa shape index (κ2) is 8.76. The van der Waals surface area contributed by atoms with Gasteiger partial charge in [-0.15, -0.1) is 30.0 Å². The summed E-state index contributed by atoms with van der Waals surface area (Å²) in [5, 5.41) is 41.5. The van der Waals surface area contributed by atoms with Gasteiger partial charge in [-0.3, -0.25) is 0 Å². The van der Waals surface area contributed by atoms with Gasteiger partial charge in [0, 0.05) is 27.6 Å². The number of phenolic OH excluding ortho intramolecular Hbond substituents is 2. The average Bonchev–Trinajstić information content (AvgIpc) is 3.46. The second-order valence-corrected chi connectivity index (χ2v) is 9.88. The van der Waals surface area contributed by atoms with Crippen LogP contribution in [0.2, 0.25) is 10.0 Å². The fourth-order valence-electron chi connectivity index (χ4n) is 4.44. The summed E-state index contributed by atoms with van der Waals surface area (Å²) >= 11 is 12.2. The number of nitrogens with zero attached hydrogens (tertiary/aromatic N) is 6. The predicted molar refractivity (Wildman–Crippen MR) is 143 cm³/mol. The van der Waals surface area contributed by atoms with E-state index in [1.807, 2.05) is 38.1 Å². The van der Waals surface area contributed by atoms with Gasteiger partial charge in [0.2, 0.25) is 0 Å². The van der Waals surface area contributed by atoms with Crippen LogP contribution in [0.4, 0.5) is 0 Å². The summed E-state index contributed by atoms with van der Waals surface area (Å²) in [6.45, 7) is 3.86. The van der Waals surface area contributed by atoms with Gasteiger partial charge < -0.3 is 10.2 Å². The molecule has 37 heavy (non-hydrogen) atoms. The van der Waals surface area contributed by atoms with Gasteiger partial charge in [0.1, 0.15) is 44.9 Å². The smallest absolute Gasteiger partial charge is 0.146 e. The minimum absolute atomic E-state index is 0.0250. The molecule has 0 saturated heterocycles. The fraction of sp³-hybridized carbons (Fsp3) is 0.111. The lowest BCUT2D eigenvalue weighted by atomic mass is 9.98. The highest BCUT2D eigenvalue weighted by molar-refractivity contribution is 6.31. The number of benzene rings is 4. The first-order valence-electron chi connectivity index (χ1n) is 11.5. The molecule has 0 aliphatic heterocycles. The van der Waals surface area contributed by atoms with E-state index < -0.39 is 0 Å². The van der Waals surface area contributed by atoms with Gasteiger partial charge in [-0.1, -0.05) is 35.3 Å². The van der Waals surface area contributed by atoms with Crippen LogP contribution in [0.1, 0.15) is 22.3 Å². The zero-order valence-corrected chi connectivity index (χ0v) is 21.3. The molecule has 4 aromatic carbocycles. The van der Waals surface area contributed by atoms with E-state index in [4.69, 9.17) is 23.2 Å². The van der Waals surface area contributed by atoms with Crippen molar-refractivity contribution >= 4 is 45.3 Å². The Balaban J connectivity index is 1.42. The van der Waals surface area contributed by atoms with Crippen molar-refractivity contribution in [1.29, 1.82) is 0 Å². The molecule has 0 spiro atoms. The predicted octanol–water partition coefficient (Wildman–Crippen LogP) is 6.08. The lowest BCUT2D eigenvalue weighted by Crippen LogP contribution is -2.04. The van der Waals surface area contributed by atoms with Crippen LogP contribution in [0.5, 0.6) is 11.5 Å². The van der Waals surface area contributed by atoms with Gasteiger partial charge in [0.25, 0.3) is 0 Å². The highest BCUT2D eigenvalue weighted by Gasteiger charge is 2.18. The Morgan fingerprint density at radius 3 is 1.43 bits per heavy atom. The zero-order valence-electron chi connectivity index (χ0n) is 19.8. The number of halogens is 2. The quantitative estimate of drug-likeness (QED) is 0.286. The Labute approximate surface area is 221 Å². The number of hydrogen-bond donors (Lipinski definition) is 2. The first-order chi connectivity index (χ1) is 17.7. The highest BCUT2D eigenvalue weighted by Crippen LogP contribution is 2.35. The first-order valence-corrected chi connectivity index (χ1v) is 12.2. The van der Waals surface area contributed by atoms with Crippen molar-refractivity contribution in [3.05, 3.63) is 93.0 Å². The van der Waals surface area contributed by atoms with Crippen LogP contribution in [-0.2, 0) is 6.42 Å². The SMILES string of the molecule is Cc1cc(Cc2cc(C)cc(-n3nc4ccc(Cl)cc4n3)c2O)c(O)c(-n2nc3ccc(Cl)cc3n2)c1. The number of aromatic nitrogens is 6. The summed E-state index contributed by atoms with van der Waals surface area (Å²) in [5.41, 5.74) is 6.49. The van der Waals surface area contributed by atoms with Crippen molar-refractivity contribution in [1.82, 2.24) is 30.0 Å². The molecule has 2 N–H and O–H groups in total. The molecule has 0 amide bonds. The maximum atomic E-state index is 11.2. The summed E-state index contributed by atoms with van der Waals surface area (Å²) in [6.07, 6.45) is 0.264. The van der Waals surface area contributed by atoms with Crippen molar-refractivity contribution in [2.24, 2.45) is 0 Å². The van der Waals surface area contributed by atoms with Crippen LogP contribution in [0.25, 0.3) is 33.4 Å². The van der Waals surface area contributed by atoms with Crippen molar-refractivity contribution in [3.8, 4) is 22.9 Å². The summed E-state index contributed by atoms with van der Waals surface area (Å²) in [6, 6.07) is 17.9. The molecule has 0 aliphatic rings. The molecule has 2 aromatic heterocycles. The molecule has 0 fully saturated rings. The molecule has 8 nitrogen and oxygen atoms in total. The van der Waals surface area contributed by atoms with E-state index in [9.17, 15) is 10.2 Å². The topological polar surface area (TPSA) is 102 Å². The molecule has 0 unspecified atom stereocenters. The summed E-state index contributed by atoms with van der Waals surface area (Å²) in [5.74, 6) is 0.0501. The molecule has 0 atom stereocenters. The third-order valence-corrected chi connectivity index (χ3v) is 6.59. The number of rotatable bonds is 4. The Bertz CT molecular complexity index is 1710. The third kappa shape index (κ3) is 4.24. The van der Waals surface area contributed by atoms with E-state index in [2.05, 4.69) is 20.4 Å². The van der Waals surface area contributed by atoms with Gasteiger partial charge in [0.05, 0.1) is 0 Å². The average molecular weight is 531 g/mol. The van der Waals surface area contributed by atoms with Crippen LogP contribution < -0.4 is 0 Å². The molecule has 0 aliphatic carbocycles. The van der Waals surface area contributed by atoms with E-state index in [1.165, 1.54) is 9.59 Å². The van der Waals surface area contributed by atoms with Crippen LogP contribution >= 0.6 is 23.2 Å². The van der Waals surface area contributed by atoms with Crippen LogP contribution in [0.15, 0.2) is 60.7 Å². The van der Waals surface area contributed by atoms with E-state index >= 15 is 0 Å². The third-order valence-electron chi connectivity index (χ3n) is 6.12. The highest BCUT2D eigenvalue weighted by atomic mass is 35.5. The molecule has 0 saturated carbocycles. The minimum atomic E-state index is 0.0250. The number of aryl methyl sites for hydroxylation is 2. The van der Waals surface area contributed by atoms with Crippen molar-refractivity contribution in [3.63, 3.8) is 0 Å². The Morgan fingerprint density at radius 2 is 1.00 bits per heavy atom. The fourth-order valence-corrected chi connectivity index (χ4v) is 4.77. The monoisotopic (exact) mass is 530 g/mol. The van der Waals surface area contributed by atoms with Gasteiger partial charge in [-0.2, -0.15) is 0 Å². The Kier molecular flexibility index (Phi) is 5.51. The maximum absolute atomic E-state index is 11.2. The summed E-state index contributed by atoms with van der Waals surface area (Å²) < 4.78 is 0. The summed E-state index contributed by atoms with van der Waals surface area (Å²) in [4.78, 5) is 2.80. The van der Waals surface area contributed by atoms with Gasteiger partial charge >= 0.3 is 0 Å². The number of fused-ring (bicyclic) bond motifs is 2. The van der Waals surface area contributed by atoms with Crippen LogP contribution in [-0.4, -0.2) is 40.2 Å². The number of aromatic hydroxyl groups is 2. The van der Waals surface area contributed by atoms with Crippen molar-refractivity contribution in [2.45, 2.75) is 20.3 Å². The Morgan fingerprint density at radius 1 is 0.595 bits per heavy atom. The van der Waals surface area contributed by atoms with Crippen LogP contribution in [0, 0.1) is 13.8 Å². The number of phenols is 2. The standard InChI is InChI=1S/C27H20Cl2N6O2/c1-14-7-16(26(36)24(9-14)34-30-20-5-3-18(28)12-22(20)32-34)11-17-8-15(2)10-25(27(17)37)35-31-21-6-4-19(29)13-23(21)33-35/h3-10,12-13,36-37H,11H2,1-2H3. The van der Waals surface area contributed by atoms with Crippen molar-refractivity contribution in [2.75, 3.05) is 0 Å². The largest absolute Gasteiger partial charge is 0.505 e.